The maximum atomic E-state index is 13.9. The Morgan fingerprint density at radius 3 is 2.67 bits per heavy atom. The van der Waals surface area contributed by atoms with E-state index in [-0.39, 0.29) is 36.1 Å². The lowest BCUT2D eigenvalue weighted by Crippen LogP contribution is -2.58. The Kier molecular flexibility index (Phi) is 7.51. The molecule has 2 N–H and O–H groups in total. The van der Waals surface area contributed by atoms with Crippen LogP contribution in [0.25, 0.3) is 0 Å². The molecule has 3 aliphatic rings. The number of para-hydroxylation sites is 1. The number of azo groups is 1. The molecule has 4 atom stereocenters. The van der Waals surface area contributed by atoms with Gasteiger partial charge in [0.2, 0.25) is 23.6 Å². The van der Waals surface area contributed by atoms with Gasteiger partial charge < -0.3 is 15.5 Å². The van der Waals surface area contributed by atoms with Crippen LogP contribution in [0.15, 0.2) is 40.2 Å². The second kappa shape index (κ2) is 10.6. The molecule has 36 heavy (non-hydrogen) atoms. The van der Waals surface area contributed by atoms with E-state index in [9.17, 15) is 19.2 Å². The quantitative estimate of drug-likeness (QED) is 0.571. The number of nitrogens with one attached hydrogen (secondary N) is 2. The van der Waals surface area contributed by atoms with Gasteiger partial charge in [0, 0.05) is 20.4 Å². The van der Waals surface area contributed by atoms with Crippen LogP contribution in [0.1, 0.15) is 44.7 Å². The molecule has 0 bridgehead atoms. The van der Waals surface area contributed by atoms with Gasteiger partial charge in [0.25, 0.3) is 0 Å². The molecular formula is C26H34N6O4. The van der Waals surface area contributed by atoms with E-state index in [1.807, 2.05) is 38.1 Å². The van der Waals surface area contributed by atoms with E-state index in [4.69, 9.17) is 0 Å². The molecule has 3 aliphatic heterocycles. The fourth-order valence-corrected chi connectivity index (χ4v) is 5.19. The summed E-state index contributed by atoms with van der Waals surface area (Å²) in [4.78, 5) is 55.5. The van der Waals surface area contributed by atoms with Gasteiger partial charge in [-0.25, -0.2) is 0 Å². The van der Waals surface area contributed by atoms with Crippen molar-refractivity contribution >= 4 is 29.3 Å². The molecule has 1 aromatic rings. The standard InChI is InChI=1S/C26H34N6O4/c1-5-15(2)22(31(4)16(3)33)25(35)29-20-10-9-17-7-6-8-18-13-21(32(23(17)18)26(20)36)24(34)27-14-19-11-12-28-30-19/h6-8,11,15,20-22H,5,9-10,12-14H2,1-4H3,(H,27,34)(H,29,35)/t15-,20-,21?,22-/m0/s1. The zero-order valence-corrected chi connectivity index (χ0v) is 21.3. The normalized spacial score (nSPS) is 21.8. The van der Waals surface area contributed by atoms with Gasteiger partial charge in [0.1, 0.15) is 18.1 Å². The van der Waals surface area contributed by atoms with Gasteiger partial charge in [-0.2, -0.15) is 10.2 Å². The van der Waals surface area contributed by atoms with Crippen molar-refractivity contribution in [3.8, 4) is 0 Å². The summed E-state index contributed by atoms with van der Waals surface area (Å²) in [7, 11) is 1.61. The predicted octanol–water partition coefficient (Wildman–Crippen LogP) is 1.73. The number of rotatable bonds is 8. The number of carbonyl (C=O) groups excluding carboxylic acids is 4. The van der Waals surface area contributed by atoms with Gasteiger partial charge in [-0.05, 0) is 36.0 Å². The SMILES string of the molecule is CC[C@H](C)[C@@H](C(=O)N[C@H]1CCc2cccc3c2N(C1=O)C(C(=O)NCC1=CCN=N1)C3)N(C)C(C)=O. The Morgan fingerprint density at radius 2 is 2.00 bits per heavy atom. The van der Waals surface area contributed by atoms with E-state index < -0.39 is 18.1 Å². The number of anilines is 1. The van der Waals surface area contributed by atoms with Gasteiger partial charge in [-0.1, -0.05) is 38.5 Å². The first kappa shape index (κ1) is 25.5. The zero-order chi connectivity index (χ0) is 26.0. The largest absolute Gasteiger partial charge is 0.349 e. The van der Waals surface area contributed by atoms with Crippen LogP contribution in [0.2, 0.25) is 0 Å². The number of likely N-dealkylation sites (N-methyl/N-ethyl adjacent to an activating group) is 1. The van der Waals surface area contributed by atoms with Crippen LogP contribution in [0, 0.1) is 5.92 Å². The summed E-state index contributed by atoms with van der Waals surface area (Å²) in [6, 6.07) is 3.66. The summed E-state index contributed by atoms with van der Waals surface area (Å²) in [6.07, 6.45) is 3.96. The van der Waals surface area contributed by atoms with E-state index in [0.29, 0.717) is 37.9 Å². The first-order chi connectivity index (χ1) is 17.2. The Bertz CT molecular complexity index is 1130. The van der Waals surface area contributed by atoms with Crippen molar-refractivity contribution in [1.29, 1.82) is 0 Å². The maximum Gasteiger partial charge on any atom is 0.250 e. The van der Waals surface area contributed by atoms with E-state index in [0.717, 1.165) is 16.8 Å². The lowest BCUT2D eigenvalue weighted by Gasteiger charge is -2.33. The summed E-state index contributed by atoms with van der Waals surface area (Å²) < 4.78 is 0. The third kappa shape index (κ3) is 4.89. The fraction of sp³-hybridized carbons (Fsp3) is 0.538. The molecule has 0 aliphatic carbocycles. The van der Waals surface area contributed by atoms with Crippen LogP contribution >= 0.6 is 0 Å². The Balaban J connectivity index is 1.57. The van der Waals surface area contributed by atoms with Gasteiger partial charge in [0.15, 0.2) is 0 Å². The lowest BCUT2D eigenvalue weighted by molar-refractivity contribution is -0.140. The van der Waals surface area contributed by atoms with Crippen LogP contribution in [-0.4, -0.2) is 66.8 Å². The number of amides is 4. The van der Waals surface area contributed by atoms with Crippen molar-refractivity contribution in [2.45, 2.75) is 64.6 Å². The lowest BCUT2D eigenvalue weighted by atomic mass is 9.96. The highest BCUT2D eigenvalue weighted by Crippen LogP contribution is 2.39. The molecule has 192 valence electrons. The van der Waals surface area contributed by atoms with Crippen LogP contribution in [0.3, 0.4) is 0 Å². The highest BCUT2D eigenvalue weighted by atomic mass is 16.2. The van der Waals surface area contributed by atoms with Crippen molar-refractivity contribution < 1.29 is 19.2 Å². The Labute approximate surface area is 211 Å². The fourth-order valence-electron chi connectivity index (χ4n) is 5.19. The summed E-state index contributed by atoms with van der Waals surface area (Å²) in [5.74, 6) is -1.23. The molecule has 0 radical (unpaired) electrons. The topological polar surface area (TPSA) is 124 Å². The van der Waals surface area contributed by atoms with E-state index in [1.54, 1.807) is 11.9 Å². The second-order valence-electron chi connectivity index (χ2n) is 9.75. The van der Waals surface area contributed by atoms with E-state index >= 15 is 0 Å². The molecule has 4 amide bonds. The van der Waals surface area contributed by atoms with Gasteiger partial charge in [-0.3, -0.25) is 24.1 Å². The predicted molar refractivity (Wildman–Crippen MR) is 134 cm³/mol. The molecule has 0 saturated carbocycles. The average Bonchev–Trinajstić information content (AvgIpc) is 3.49. The van der Waals surface area contributed by atoms with Crippen molar-refractivity contribution in [2.24, 2.45) is 16.1 Å². The number of carbonyl (C=O) groups is 4. The molecule has 3 heterocycles. The van der Waals surface area contributed by atoms with Gasteiger partial charge in [-0.15, -0.1) is 0 Å². The van der Waals surface area contributed by atoms with Crippen molar-refractivity contribution in [1.82, 2.24) is 15.5 Å². The van der Waals surface area contributed by atoms with E-state index in [2.05, 4.69) is 20.9 Å². The van der Waals surface area contributed by atoms with Crippen molar-refractivity contribution in [2.75, 3.05) is 25.0 Å². The number of benzene rings is 1. The molecule has 4 rings (SSSR count). The molecule has 10 heteroatoms. The molecule has 1 unspecified atom stereocenters. The van der Waals surface area contributed by atoms with Gasteiger partial charge >= 0.3 is 0 Å². The highest BCUT2D eigenvalue weighted by Gasteiger charge is 2.44. The third-order valence-corrected chi connectivity index (χ3v) is 7.44. The van der Waals surface area contributed by atoms with Crippen molar-refractivity contribution in [3.63, 3.8) is 0 Å². The Morgan fingerprint density at radius 1 is 1.25 bits per heavy atom. The summed E-state index contributed by atoms with van der Waals surface area (Å²) >= 11 is 0. The zero-order valence-electron chi connectivity index (χ0n) is 21.3. The maximum absolute atomic E-state index is 13.9. The number of hydrogen-bond acceptors (Lipinski definition) is 6. The number of nitrogens with zero attached hydrogens (tertiary/aromatic N) is 4. The van der Waals surface area contributed by atoms with Crippen LogP contribution in [-0.2, 0) is 32.0 Å². The minimum absolute atomic E-state index is 0.0871. The third-order valence-electron chi connectivity index (χ3n) is 7.44. The number of hydrogen-bond donors (Lipinski definition) is 2. The Hall–Kier alpha value is -3.56. The van der Waals surface area contributed by atoms with Crippen molar-refractivity contribution in [3.05, 3.63) is 41.1 Å². The monoisotopic (exact) mass is 494 g/mol. The molecule has 0 aromatic heterocycles. The first-order valence-corrected chi connectivity index (χ1v) is 12.5. The highest BCUT2D eigenvalue weighted by molar-refractivity contribution is 6.08. The summed E-state index contributed by atoms with van der Waals surface area (Å²) in [5.41, 5.74) is 3.40. The average molecular weight is 495 g/mol. The molecule has 0 fully saturated rings. The van der Waals surface area contributed by atoms with Crippen LogP contribution in [0.4, 0.5) is 5.69 Å². The molecular weight excluding hydrogens is 460 g/mol. The number of aryl methyl sites for hydroxylation is 1. The smallest absolute Gasteiger partial charge is 0.250 e. The first-order valence-electron chi connectivity index (χ1n) is 12.5. The molecule has 0 saturated heterocycles. The van der Waals surface area contributed by atoms with E-state index in [1.165, 1.54) is 11.8 Å². The van der Waals surface area contributed by atoms with Crippen LogP contribution < -0.4 is 15.5 Å². The molecule has 0 spiro atoms. The molecule has 1 aromatic carbocycles. The summed E-state index contributed by atoms with van der Waals surface area (Å²) in [6.45, 7) is 6.06. The molecule has 10 nitrogen and oxygen atoms in total. The minimum atomic E-state index is -0.801. The van der Waals surface area contributed by atoms with Crippen LogP contribution in [0.5, 0.6) is 0 Å². The summed E-state index contributed by atoms with van der Waals surface area (Å²) in [5, 5.41) is 13.7. The van der Waals surface area contributed by atoms with Gasteiger partial charge in [0.05, 0.1) is 24.5 Å². The minimum Gasteiger partial charge on any atom is -0.349 e. The second-order valence-corrected chi connectivity index (χ2v) is 9.75.